The predicted octanol–water partition coefficient (Wildman–Crippen LogP) is 0.328. The standard InChI is InChI=1S/C14H17N5O2/c1-8-9(2)17-18-14(21)12(8)13(20)16-10-3-4-11-15-5-6-19(11)7-10/h5-6,10H,3-4,7H2,1-2H3,(H,16,20)(H,18,21)/t10-/m1/s1. The molecule has 0 aliphatic carbocycles. The summed E-state index contributed by atoms with van der Waals surface area (Å²) in [4.78, 5) is 28.5. The minimum Gasteiger partial charge on any atom is -0.347 e. The highest BCUT2D eigenvalue weighted by Crippen LogP contribution is 2.14. The van der Waals surface area contributed by atoms with Crippen LogP contribution in [0.5, 0.6) is 0 Å². The van der Waals surface area contributed by atoms with Crippen LogP contribution in [0.2, 0.25) is 0 Å². The number of nitrogens with one attached hydrogen (secondary N) is 2. The van der Waals surface area contributed by atoms with Gasteiger partial charge in [-0.05, 0) is 25.8 Å². The van der Waals surface area contributed by atoms with Crippen molar-refractivity contribution in [2.24, 2.45) is 0 Å². The summed E-state index contributed by atoms with van der Waals surface area (Å²) >= 11 is 0. The highest BCUT2D eigenvalue weighted by atomic mass is 16.2. The number of H-pyrrole nitrogens is 1. The molecule has 21 heavy (non-hydrogen) atoms. The molecule has 1 aliphatic heterocycles. The van der Waals surface area contributed by atoms with E-state index in [2.05, 4.69) is 20.5 Å². The van der Waals surface area contributed by atoms with Gasteiger partial charge in [0, 0.05) is 31.4 Å². The fourth-order valence-electron chi connectivity index (χ4n) is 2.64. The van der Waals surface area contributed by atoms with Gasteiger partial charge in [0.2, 0.25) is 0 Å². The highest BCUT2D eigenvalue weighted by Gasteiger charge is 2.23. The number of nitrogens with zero attached hydrogens (tertiary/aromatic N) is 3. The molecule has 7 heteroatoms. The number of fused-ring (bicyclic) bond motifs is 1. The molecule has 2 aromatic rings. The van der Waals surface area contributed by atoms with Crippen molar-refractivity contribution < 1.29 is 4.79 Å². The van der Waals surface area contributed by atoms with E-state index in [9.17, 15) is 9.59 Å². The maximum atomic E-state index is 12.4. The van der Waals surface area contributed by atoms with Crippen molar-refractivity contribution in [3.8, 4) is 0 Å². The second-order valence-electron chi connectivity index (χ2n) is 5.34. The smallest absolute Gasteiger partial charge is 0.277 e. The van der Waals surface area contributed by atoms with E-state index in [4.69, 9.17) is 0 Å². The summed E-state index contributed by atoms with van der Waals surface area (Å²) in [7, 11) is 0. The molecule has 0 spiro atoms. The minimum atomic E-state index is -0.449. The van der Waals surface area contributed by atoms with Gasteiger partial charge in [-0.1, -0.05) is 0 Å². The molecule has 1 aliphatic rings. The number of aromatic nitrogens is 4. The lowest BCUT2D eigenvalue weighted by Crippen LogP contribution is -2.43. The first-order valence-electron chi connectivity index (χ1n) is 6.93. The quantitative estimate of drug-likeness (QED) is 0.832. The van der Waals surface area contributed by atoms with Crippen LogP contribution >= 0.6 is 0 Å². The molecule has 0 fully saturated rings. The van der Waals surface area contributed by atoms with Gasteiger partial charge < -0.3 is 9.88 Å². The molecule has 3 heterocycles. The number of amides is 1. The Labute approximate surface area is 121 Å². The first kappa shape index (κ1) is 13.5. The first-order chi connectivity index (χ1) is 10.1. The third-order valence-corrected chi connectivity index (χ3v) is 3.97. The van der Waals surface area contributed by atoms with Gasteiger partial charge in [-0.3, -0.25) is 9.59 Å². The second-order valence-corrected chi connectivity index (χ2v) is 5.34. The molecule has 0 saturated carbocycles. The second kappa shape index (κ2) is 5.16. The van der Waals surface area contributed by atoms with Crippen molar-refractivity contribution in [3.63, 3.8) is 0 Å². The van der Waals surface area contributed by atoms with Gasteiger partial charge in [0.15, 0.2) is 0 Å². The Hall–Kier alpha value is -2.44. The number of aryl methyl sites for hydroxylation is 2. The fourth-order valence-corrected chi connectivity index (χ4v) is 2.64. The van der Waals surface area contributed by atoms with E-state index in [-0.39, 0.29) is 17.5 Å². The van der Waals surface area contributed by atoms with E-state index in [1.807, 2.05) is 10.8 Å². The molecule has 0 saturated heterocycles. The number of carbonyl (C=O) groups excluding carboxylic acids is 1. The number of hydrogen-bond acceptors (Lipinski definition) is 4. The average molecular weight is 287 g/mol. The first-order valence-corrected chi connectivity index (χ1v) is 6.93. The van der Waals surface area contributed by atoms with Crippen molar-refractivity contribution in [3.05, 3.63) is 45.4 Å². The molecule has 0 radical (unpaired) electrons. The van der Waals surface area contributed by atoms with Crippen molar-refractivity contribution >= 4 is 5.91 Å². The van der Waals surface area contributed by atoms with Crippen LogP contribution in [0.4, 0.5) is 0 Å². The fraction of sp³-hybridized carbons (Fsp3) is 0.429. The van der Waals surface area contributed by atoms with E-state index in [1.165, 1.54) is 0 Å². The van der Waals surface area contributed by atoms with Crippen LogP contribution in [0, 0.1) is 13.8 Å². The number of aromatic amines is 1. The highest BCUT2D eigenvalue weighted by molar-refractivity contribution is 5.95. The molecule has 1 atom stereocenters. The number of carbonyl (C=O) groups is 1. The predicted molar refractivity (Wildman–Crippen MR) is 76.1 cm³/mol. The summed E-state index contributed by atoms with van der Waals surface area (Å²) in [5, 5.41) is 9.16. The average Bonchev–Trinajstić information content (AvgIpc) is 2.91. The third-order valence-electron chi connectivity index (χ3n) is 3.97. The van der Waals surface area contributed by atoms with Gasteiger partial charge in [-0.25, -0.2) is 10.1 Å². The van der Waals surface area contributed by atoms with Crippen LogP contribution < -0.4 is 10.9 Å². The molecule has 0 bridgehead atoms. The maximum Gasteiger partial charge on any atom is 0.277 e. The number of rotatable bonds is 2. The largest absolute Gasteiger partial charge is 0.347 e. The minimum absolute atomic E-state index is 0.00599. The van der Waals surface area contributed by atoms with E-state index in [0.717, 1.165) is 18.7 Å². The van der Waals surface area contributed by atoms with Crippen LogP contribution in [-0.2, 0) is 13.0 Å². The Morgan fingerprint density at radius 2 is 2.29 bits per heavy atom. The van der Waals surface area contributed by atoms with Gasteiger partial charge in [0.25, 0.3) is 11.5 Å². The van der Waals surface area contributed by atoms with E-state index in [1.54, 1.807) is 20.0 Å². The molecule has 110 valence electrons. The van der Waals surface area contributed by atoms with Crippen molar-refractivity contribution in [1.82, 2.24) is 25.1 Å². The number of hydrogen-bond donors (Lipinski definition) is 2. The Morgan fingerprint density at radius 1 is 1.48 bits per heavy atom. The van der Waals surface area contributed by atoms with Crippen molar-refractivity contribution in [2.75, 3.05) is 0 Å². The van der Waals surface area contributed by atoms with Crippen LogP contribution in [0.15, 0.2) is 17.2 Å². The Bertz CT molecular complexity index is 746. The topological polar surface area (TPSA) is 92.7 Å². The molecule has 0 unspecified atom stereocenters. The zero-order valence-corrected chi connectivity index (χ0v) is 12.0. The SMILES string of the molecule is Cc1n[nH]c(=O)c(C(=O)N[C@@H]2CCc3nccn3C2)c1C. The van der Waals surface area contributed by atoms with E-state index < -0.39 is 5.56 Å². The lowest BCUT2D eigenvalue weighted by Gasteiger charge is -2.24. The van der Waals surface area contributed by atoms with E-state index in [0.29, 0.717) is 17.8 Å². The molecule has 0 aromatic carbocycles. The van der Waals surface area contributed by atoms with Crippen LogP contribution in [-0.4, -0.2) is 31.7 Å². The summed E-state index contributed by atoms with van der Waals surface area (Å²) in [6.45, 7) is 4.18. The van der Waals surface area contributed by atoms with Gasteiger partial charge in [-0.2, -0.15) is 5.10 Å². The van der Waals surface area contributed by atoms with Crippen LogP contribution in [0.3, 0.4) is 0 Å². The Balaban J connectivity index is 1.79. The van der Waals surface area contributed by atoms with Gasteiger partial charge in [-0.15, -0.1) is 0 Å². The summed E-state index contributed by atoms with van der Waals surface area (Å²) in [6.07, 6.45) is 5.31. The lowest BCUT2D eigenvalue weighted by atomic mass is 10.1. The van der Waals surface area contributed by atoms with Crippen molar-refractivity contribution in [1.29, 1.82) is 0 Å². The summed E-state index contributed by atoms with van der Waals surface area (Å²) in [5.41, 5.74) is 0.976. The van der Waals surface area contributed by atoms with Gasteiger partial charge >= 0.3 is 0 Å². The van der Waals surface area contributed by atoms with Crippen molar-refractivity contribution in [2.45, 2.75) is 39.3 Å². The molecular weight excluding hydrogens is 270 g/mol. The maximum absolute atomic E-state index is 12.4. The molecule has 1 amide bonds. The van der Waals surface area contributed by atoms with E-state index >= 15 is 0 Å². The number of imidazole rings is 1. The summed E-state index contributed by atoms with van der Waals surface area (Å²) < 4.78 is 2.03. The summed E-state index contributed by atoms with van der Waals surface area (Å²) in [6, 6.07) is 0.00599. The Kier molecular flexibility index (Phi) is 3.32. The zero-order chi connectivity index (χ0) is 15.0. The molecule has 7 nitrogen and oxygen atoms in total. The Morgan fingerprint density at radius 3 is 3.10 bits per heavy atom. The summed E-state index contributed by atoms with van der Waals surface area (Å²) in [5.74, 6) is 0.696. The normalized spacial score (nSPS) is 17.3. The molecule has 2 aromatic heterocycles. The molecule has 3 rings (SSSR count). The molecule has 2 N–H and O–H groups in total. The zero-order valence-electron chi connectivity index (χ0n) is 12.0. The third kappa shape index (κ3) is 2.46. The lowest BCUT2D eigenvalue weighted by molar-refractivity contribution is 0.0925. The van der Waals surface area contributed by atoms with Gasteiger partial charge in [0.05, 0.1) is 5.69 Å². The monoisotopic (exact) mass is 287 g/mol. The molecular formula is C14H17N5O2. The van der Waals surface area contributed by atoms with Crippen LogP contribution in [0.1, 0.15) is 33.9 Å². The van der Waals surface area contributed by atoms with Crippen LogP contribution in [0.25, 0.3) is 0 Å². The van der Waals surface area contributed by atoms with Gasteiger partial charge in [0.1, 0.15) is 11.4 Å².